The maximum atomic E-state index is 6.14. The first-order valence-electron chi connectivity index (χ1n) is 7.28. The Kier molecular flexibility index (Phi) is 4.61. The SMILES string of the molecule is CC1CCC(CN)(NCCN(C)C)c2ccccc21. The van der Waals surface area contributed by atoms with Crippen molar-refractivity contribution < 1.29 is 0 Å². The minimum atomic E-state index is -0.0287. The molecule has 0 saturated carbocycles. The van der Waals surface area contributed by atoms with E-state index in [1.54, 1.807) is 0 Å². The van der Waals surface area contributed by atoms with Crippen molar-refractivity contribution in [3.63, 3.8) is 0 Å². The molecule has 0 fully saturated rings. The summed E-state index contributed by atoms with van der Waals surface area (Å²) >= 11 is 0. The van der Waals surface area contributed by atoms with Crippen LogP contribution in [0.25, 0.3) is 0 Å². The lowest BCUT2D eigenvalue weighted by Gasteiger charge is -2.41. The van der Waals surface area contributed by atoms with Gasteiger partial charge in [0, 0.05) is 19.6 Å². The molecule has 1 aromatic rings. The van der Waals surface area contributed by atoms with Gasteiger partial charge in [-0.05, 0) is 44.0 Å². The number of hydrogen-bond acceptors (Lipinski definition) is 3. The van der Waals surface area contributed by atoms with E-state index in [0.717, 1.165) is 19.5 Å². The van der Waals surface area contributed by atoms with Crippen molar-refractivity contribution >= 4 is 0 Å². The fourth-order valence-electron chi connectivity index (χ4n) is 3.10. The molecule has 1 aromatic carbocycles. The van der Waals surface area contributed by atoms with E-state index < -0.39 is 0 Å². The molecule has 1 aliphatic rings. The molecule has 19 heavy (non-hydrogen) atoms. The van der Waals surface area contributed by atoms with Gasteiger partial charge < -0.3 is 16.0 Å². The standard InChI is InChI=1S/C16H27N3/c1-13-8-9-16(12-17,18-10-11-19(2)3)15-7-5-4-6-14(13)15/h4-7,13,18H,8-12,17H2,1-3H3. The van der Waals surface area contributed by atoms with Crippen LogP contribution in [0, 0.1) is 0 Å². The first-order valence-corrected chi connectivity index (χ1v) is 7.28. The molecule has 3 heteroatoms. The van der Waals surface area contributed by atoms with E-state index >= 15 is 0 Å². The van der Waals surface area contributed by atoms with Gasteiger partial charge in [0.15, 0.2) is 0 Å². The Bertz CT molecular complexity index is 416. The lowest BCUT2D eigenvalue weighted by atomic mass is 9.72. The first-order chi connectivity index (χ1) is 9.09. The number of rotatable bonds is 5. The molecule has 2 unspecified atom stereocenters. The molecular weight excluding hydrogens is 234 g/mol. The number of hydrogen-bond donors (Lipinski definition) is 2. The van der Waals surface area contributed by atoms with Gasteiger partial charge in [-0.25, -0.2) is 0 Å². The molecule has 2 rings (SSSR count). The van der Waals surface area contributed by atoms with Gasteiger partial charge in [0.1, 0.15) is 0 Å². The second kappa shape index (κ2) is 6.04. The normalized spacial score (nSPS) is 26.5. The summed E-state index contributed by atoms with van der Waals surface area (Å²) in [5.41, 5.74) is 8.99. The molecule has 3 nitrogen and oxygen atoms in total. The maximum Gasteiger partial charge on any atom is 0.0562 e. The van der Waals surface area contributed by atoms with Gasteiger partial charge >= 0.3 is 0 Å². The average molecular weight is 261 g/mol. The van der Waals surface area contributed by atoms with Crippen LogP contribution in [0.2, 0.25) is 0 Å². The number of benzene rings is 1. The Morgan fingerprint density at radius 1 is 1.37 bits per heavy atom. The van der Waals surface area contributed by atoms with Gasteiger partial charge in [-0.3, -0.25) is 0 Å². The predicted molar refractivity (Wildman–Crippen MR) is 81.4 cm³/mol. The molecule has 0 amide bonds. The van der Waals surface area contributed by atoms with E-state index in [0.29, 0.717) is 12.5 Å². The molecule has 0 heterocycles. The maximum absolute atomic E-state index is 6.14. The lowest BCUT2D eigenvalue weighted by molar-refractivity contribution is 0.265. The Morgan fingerprint density at radius 3 is 2.79 bits per heavy atom. The van der Waals surface area contributed by atoms with Gasteiger partial charge in [-0.15, -0.1) is 0 Å². The number of nitrogens with zero attached hydrogens (tertiary/aromatic N) is 1. The van der Waals surface area contributed by atoms with Gasteiger partial charge in [-0.1, -0.05) is 31.2 Å². The summed E-state index contributed by atoms with van der Waals surface area (Å²) in [6, 6.07) is 8.79. The molecular formula is C16H27N3. The predicted octanol–water partition coefficient (Wildman–Crippen LogP) is 1.89. The fraction of sp³-hybridized carbons (Fsp3) is 0.625. The highest BCUT2D eigenvalue weighted by Gasteiger charge is 2.36. The monoisotopic (exact) mass is 261 g/mol. The molecule has 0 radical (unpaired) electrons. The minimum Gasteiger partial charge on any atom is -0.328 e. The quantitative estimate of drug-likeness (QED) is 0.850. The third-order valence-corrected chi connectivity index (χ3v) is 4.38. The average Bonchev–Trinajstić information content (AvgIpc) is 2.42. The number of nitrogens with one attached hydrogen (secondary N) is 1. The highest BCUT2D eigenvalue weighted by Crippen LogP contribution is 2.40. The van der Waals surface area contributed by atoms with Gasteiger partial charge in [0.25, 0.3) is 0 Å². The smallest absolute Gasteiger partial charge is 0.0562 e. The first kappa shape index (κ1) is 14.5. The van der Waals surface area contributed by atoms with Crippen LogP contribution in [0.1, 0.15) is 36.8 Å². The number of likely N-dealkylation sites (N-methyl/N-ethyl adjacent to an activating group) is 1. The third kappa shape index (κ3) is 2.99. The molecule has 1 aliphatic carbocycles. The van der Waals surface area contributed by atoms with Gasteiger partial charge in [0.2, 0.25) is 0 Å². The van der Waals surface area contributed by atoms with Crippen molar-refractivity contribution in [1.82, 2.24) is 10.2 Å². The molecule has 0 aromatic heterocycles. The summed E-state index contributed by atoms with van der Waals surface area (Å²) in [4.78, 5) is 2.20. The molecule has 0 bridgehead atoms. The van der Waals surface area contributed by atoms with Crippen LogP contribution in [0.3, 0.4) is 0 Å². The molecule has 0 saturated heterocycles. The zero-order chi connectivity index (χ0) is 13.9. The van der Waals surface area contributed by atoms with Crippen molar-refractivity contribution in [1.29, 1.82) is 0 Å². The van der Waals surface area contributed by atoms with E-state index in [1.807, 2.05) is 0 Å². The van der Waals surface area contributed by atoms with Crippen molar-refractivity contribution in [3.8, 4) is 0 Å². The van der Waals surface area contributed by atoms with E-state index in [2.05, 4.69) is 55.5 Å². The van der Waals surface area contributed by atoms with Crippen LogP contribution in [0.5, 0.6) is 0 Å². The van der Waals surface area contributed by atoms with E-state index in [4.69, 9.17) is 5.73 Å². The Balaban J connectivity index is 2.23. The van der Waals surface area contributed by atoms with Crippen LogP contribution in [0.4, 0.5) is 0 Å². The number of nitrogens with two attached hydrogens (primary N) is 1. The lowest BCUT2D eigenvalue weighted by Crippen LogP contribution is -2.52. The minimum absolute atomic E-state index is 0.0287. The molecule has 106 valence electrons. The van der Waals surface area contributed by atoms with Crippen molar-refractivity contribution in [2.24, 2.45) is 5.73 Å². The highest BCUT2D eigenvalue weighted by atomic mass is 15.1. The van der Waals surface area contributed by atoms with Gasteiger partial charge in [-0.2, -0.15) is 0 Å². The Morgan fingerprint density at radius 2 is 2.11 bits per heavy atom. The summed E-state index contributed by atoms with van der Waals surface area (Å²) in [5, 5.41) is 3.73. The van der Waals surface area contributed by atoms with Crippen molar-refractivity contribution in [3.05, 3.63) is 35.4 Å². The topological polar surface area (TPSA) is 41.3 Å². The molecule has 0 aliphatic heterocycles. The summed E-state index contributed by atoms with van der Waals surface area (Å²) in [5.74, 6) is 0.645. The van der Waals surface area contributed by atoms with Gasteiger partial charge in [0.05, 0.1) is 5.54 Å². The van der Waals surface area contributed by atoms with Crippen LogP contribution < -0.4 is 11.1 Å². The van der Waals surface area contributed by atoms with Crippen LogP contribution in [-0.2, 0) is 5.54 Å². The van der Waals surface area contributed by atoms with Crippen LogP contribution in [-0.4, -0.2) is 38.6 Å². The fourth-order valence-corrected chi connectivity index (χ4v) is 3.10. The van der Waals surface area contributed by atoms with Crippen LogP contribution in [0.15, 0.2) is 24.3 Å². The Labute approximate surface area is 117 Å². The summed E-state index contributed by atoms with van der Waals surface area (Å²) in [6.07, 6.45) is 2.35. The summed E-state index contributed by atoms with van der Waals surface area (Å²) in [7, 11) is 4.21. The summed E-state index contributed by atoms with van der Waals surface area (Å²) in [6.45, 7) is 5.01. The molecule has 2 atom stereocenters. The highest BCUT2D eigenvalue weighted by molar-refractivity contribution is 5.39. The van der Waals surface area contributed by atoms with E-state index in [1.165, 1.54) is 17.5 Å². The largest absolute Gasteiger partial charge is 0.328 e. The zero-order valence-electron chi connectivity index (χ0n) is 12.4. The van der Waals surface area contributed by atoms with Crippen LogP contribution >= 0.6 is 0 Å². The third-order valence-electron chi connectivity index (χ3n) is 4.38. The summed E-state index contributed by atoms with van der Waals surface area (Å²) < 4.78 is 0. The number of fused-ring (bicyclic) bond motifs is 1. The Hall–Kier alpha value is -0.900. The molecule has 0 spiro atoms. The van der Waals surface area contributed by atoms with E-state index in [-0.39, 0.29) is 5.54 Å². The second-order valence-electron chi connectivity index (χ2n) is 6.04. The van der Waals surface area contributed by atoms with Crippen molar-refractivity contribution in [2.75, 3.05) is 33.7 Å². The zero-order valence-corrected chi connectivity index (χ0v) is 12.4. The van der Waals surface area contributed by atoms with E-state index in [9.17, 15) is 0 Å². The molecule has 3 N–H and O–H groups in total. The second-order valence-corrected chi connectivity index (χ2v) is 6.04. The van der Waals surface area contributed by atoms with Crippen molar-refractivity contribution in [2.45, 2.75) is 31.2 Å².